The van der Waals surface area contributed by atoms with Gasteiger partial charge in [-0.05, 0) is 19.2 Å². The lowest BCUT2D eigenvalue weighted by Gasteiger charge is -1.81. The van der Waals surface area contributed by atoms with Crippen molar-refractivity contribution in [1.29, 1.82) is 0 Å². The van der Waals surface area contributed by atoms with Gasteiger partial charge in [-0.15, -0.1) is 0 Å². The molecule has 0 unspecified atom stereocenters. The zero-order valence-corrected chi connectivity index (χ0v) is 5.82. The molecule has 1 aromatic rings. The number of carbonyl (C=O) groups is 1. The van der Waals surface area contributed by atoms with Gasteiger partial charge < -0.3 is 5.73 Å². The van der Waals surface area contributed by atoms with Crippen molar-refractivity contribution < 1.29 is 4.79 Å². The fraction of sp³-hybridized carbons (Fsp3) is 0.143. The van der Waals surface area contributed by atoms with Crippen molar-refractivity contribution in [3.05, 3.63) is 30.1 Å². The molecule has 0 aromatic carbocycles. The normalized spacial score (nSPS) is 7.40. The number of carbonyl (C=O) groups excluding carboxylic acids is 1. The number of nitrogens with two attached hydrogens (primary N) is 1. The Morgan fingerprint density at radius 3 is 2.50 bits per heavy atom. The molecule has 10 heavy (non-hydrogen) atoms. The number of nitrogens with zero attached hydrogens (tertiary/aromatic N) is 1. The van der Waals surface area contributed by atoms with E-state index in [0.29, 0.717) is 5.69 Å². The van der Waals surface area contributed by atoms with E-state index in [4.69, 9.17) is 0 Å². The molecule has 0 radical (unpaired) electrons. The van der Waals surface area contributed by atoms with E-state index in [-0.39, 0.29) is 0 Å². The monoisotopic (exact) mass is 138 g/mol. The first-order chi connectivity index (χ1) is 4.93. The van der Waals surface area contributed by atoms with Crippen LogP contribution in [0.5, 0.6) is 0 Å². The summed E-state index contributed by atoms with van der Waals surface area (Å²) in [4.78, 5) is 13.7. The third kappa shape index (κ3) is 2.94. The molecule has 2 N–H and O–H groups in total. The molecule has 0 spiro atoms. The lowest BCUT2D eigenvalue weighted by Crippen LogP contribution is -1.80. The van der Waals surface area contributed by atoms with Crippen molar-refractivity contribution in [1.82, 2.24) is 4.98 Å². The topological polar surface area (TPSA) is 56.0 Å². The molecule has 0 aliphatic carbocycles. The Morgan fingerprint density at radius 2 is 2.20 bits per heavy atom. The highest BCUT2D eigenvalue weighted by Gasteiger charge is 1.81. The smallest absolute Gasteiger partial charge is 0.168 e. The first kappa shape index (κ1) is 8.78. The highest BCUT2D eigenvalue weighted by atomic mass is 16.1. The summed E-state index contributed by atoms with van der Waals surface area (Å²) in [5.74, 6) is 0. The predicted molar refractivity (Wildman–Crippen MR) is 39.7 cm³/mol. The molecular weight excluding hydrogens is 128 g/mol. The summed E-state index contributed by atoms with van der Waals surface area (Å²) in [6.45, 7) is 0. The van der Waals surface area contributed by atoms with Gasteiger partial charge in [0.2, 0.25) is 0 Å². The summed E-state index contributed by atoms with van der Waals surface area (Å²) < 4.78 is 0. The molecule has 0 aliphatic heterocycles. The van der Waals surface area contributed by atoms with Gasteiger partial charge >= 0.3 is 0 Å². The van der Waals surface area contributed by atoms with Crippen LogP contribution in [0, 0.1) is 0 Å². The molecule has 0 aliphatic rings. The van der Waals surface area contributed by atoms with Gasteiger partial charge in [-0.3, -0.25) is 9.78 Å². The number of rotatable bonds is 1. The zero-order chi connectivity index (χ0) is 7.82. The van der Waals surface area contributed by atoms with Crippen LogP contribution in [0.3, 0.4) is 0 Å². The van der Waals surface area contributed by atoms with Gasteiger partial charge in [0.1, 0.15) is 5.69 Å². The van der Waals surface area contributed by atoms with Gasteiger partial charge in [-0.2, -0.15) is 0 Å². The number of aldehydes is 1. The Morgan fingerprint density at radius 1 is 1.50 bits per heavy atom. The molecule has 54 valence electrons. The second-order valence-corrected chi connectivity index (χ2v) is 1.37. The lowest BCUT2D eigenvalue weighted by atomic mass is 10.4. The van der Waals surface area contributed by atoms with Crippen LogP contribution < -0.4 is 5.73 Å². The molecule has 1 heterocycles. The average Bonchev–Trinajstić information content (AvgIpc) is 2.10. The Bertz CT molecular complexity index is 174. The van der Waals surface area contributed by atoms with E-state index < -0.39 is 0 Å². The second-order valence-electron chi connectivity index (χ2n) is 1.37. The molecule has 3 heteroatoms. The SMILES string of the molecule is CN.O=Cc1ccccn1. The van der Waals surface area contributed by atoms with Crippen molar-refractivity contribution in [2.24, 2.45) is 5.73 Å². The van der Waals surface area contributed by atoms with Crippen molar-refractivity contribution in [3.63, 3.8) is 0 Å². The molecule has 0 saturated carbocycles. The van der Waals surface area contributed by atoms with E-state index >= 15 is 0 Å². The summed E-state index contributed by atoms with van der Waals surface area (Å²) in [6.07, 6.45) is 2.31. The Labute approximate surface area is 59.9 Å². The van der Waals surface area contributed by atoms with E-state index in [0.717, 1.165) is 6.29 Å². The molecule has 3 nitrogen and oxygen atoms in total. The third-order valence-electron chi connectivity index (χ3n) is 0.809. The van der Waals surface area contributed by atoms with Gasteiger partial charge in [0, 0.05) is 6.20 Å². The molecule has 1 aromatic heterocycles. The summed E-state index contributed by atoms with van der Waals surface area (Å²) >= 11 is 0. The quantitative estimate of drug-likeness (QED) is 0.574. The Balaban J connectivity index is 0.000000371. The van der Waals surface area contributed by atoms with Crippen LogP contribution in [0.2, 0.25) is 0 Å². The van der Waals surface area contributed by atoms with Crippen LogP contribution in [0.15, 0.2) is 24.4 Å². The van der Waals surface area contributed by atoms with Crippen LogP contribution in [-0.4, -0.2) is 18.3 Å². The second kappa shape index (κ2) is 5.91. The largest absolute Gasteiger partial charge is 0.333 e. The van der Waals surface area contributed by atoms with Crippen LogP contribution >= 0.6 is 0 Å². The molecule has 0 amide bonds. The first-order valence-electron chi connectivity index (χ1n) is 2.87. The van der Waals surface area contributed by atoms with Crippen LogP contribution in [-0.2, 0) is 0 Å². The number of hydrogen-bond donors (Lipinski definition) is 1. The van der Waals surface area contributed by atoms with Crippen molar-refractivity contribution in [3.8, 4) is 0 Å². The maximum absolute atomic E-state index is 9.94. The van der Waals surface area contributed by atoms with Crippen molar-refractivity contribution in [2.75, 3.05) is 7.05 Å². The highest BCUT2D eigenvalue weighted by Crippen LogP contribution is 1.85. The summed E-state index contributed by atoms with van der Waals surface area (Å²) in [6, 6.07) is 5.21. The molecule has 0 fully saturated rings. The van der Waals surface area contributed by atoms with Gasteiger partial charge in [-0.1, -0.05) is 6.07 Å². The van der Waals surface area contributed by atoms with Crippen LogP contribution in [0.4, 0.5) is 0 Å². The first-order valence-corrected chi connectivity index (χ1v) is 2.87. The third-order valence-corrected chi connectivity index (χ3v) is 0.809. The summed E-state index contributed by atoms with van der Waals surface area (Å²) in [5.41, 5.74) is 4.98. The Kier molecular flexibility index (Phi) is 5.19. The fourth-order valence-corrected chi connectivity index (χ4v) is 0.446. The molecular formula is C7H10N2O. The van der Waals surface area contributed by atoms with Crippen molar-refractivity contribution >= 4 is 6.29 Å². The predicted octanol–water partition coefficient (Wildman–Crippen LogP) is 0.469. The standard InChI is InChI=1S/C6H5NO.CH5N/c8-5-6-3-1-2-4-7-6;1-2/h1-5H;2H2,1H3. The minimum atomic E-state index is 0.479. The lowest BCUT2D eigenvalue weighted by molar-refractivity contribution is 0.111. The highest BCUT2D eigenvalue weighted by molar-refractivity contribution is 5.71. The molecule has 0 saturated heterocycles. The maximum Gasteiger partial charge on any atom is 0.168 e. The number of pyridine rings is 1. The van der Waals surface area contributed by atoms with E-state index in [2.05, 4.69) is 10.7 Å². The number of aromatic nitrogens is 1. The van der Waals surface area contributed by atoms with E-state index in [1.165, 1.54) is 7.05 Å². The summed E-state index contributed by atoms with van der Waals surface area (Å²) in [5, 5.41) is 0. The Hall–Kier alpha value is -1.22. The zero-order valence-electron chi connectivity index (χ0n) is 5.82. The van der Waals surface area contributed by atoms with E-state index in [9.17, 15) is 4.79 Å². The van der Waals surface area contributed by atoms with Gasteiger partial charge in [0.15, 0.2) is 6.29 Å². The average molecular weight is 138 g/mol. The van der Waals surface area contributed by atoms with Crippen LogP contribution in [0.25, 0.3) is 0 Å². The van der Waals surface area contributed by atoms with Crippen molar-refractivity contribution in [2.45, 2.75) is 0 Å². The molecule has 0 atom stereocenters. The minimum absolute atomic E-state index is 0.479. The van der Waals surface area contributed by atoms with Gasteiger partial charge in [0.25, 0.3) is 0 Å². The molecule has 0 bridgehead atoms. The van der Waals surface area contributed by atoms with Gasteiger partial charge in [-0.25, -0.2) is 0 Å². The minimum Gasteiger partial charge on any atom is -0.333 e. The summed E-state index contributed by atoms with van der Waals surface area (Å²) in [7, 11) is 1.50. The molecule has 1 rings (SSSR count). The van der Waals surface area contributed by atoms with E-state index in [1.807, 2.05) is 0 Å². The van der Waals surface area contributed by atoms with Crippen LogP contribution in [0.1, 0.15) is 10.5 Å². The van der Waals surface area contributed by atoms with Gasteiger partial charge in [0.05, 0.1) is 0 Å². The maximum atomic E-state index is 9.94. The van der Waals surface area contributed by atoms with E-state index in [1.54, 1.807) is 24.4 Å². The number of hydrogen-bond acceptors (Lipinski definition) is 3. The fourth-order valence-electron chi connectivity index (χ4n) is 0.446.